The number of hydrogen-bond donors (Lipinski definition) is 0. The van der Waals surface area contributed by atoms with Crippen LogP contribution in [0.1, 0.15) is 99.9 Å². The molecule has 2 unspecified atom stereocenters. The van der Waals surface area contributed by atoms with E-state index in [9.17, 15) is 0 Å². The Bertz CT molecular complexity index is 2330. The van der Waals surface area contributed by atoms with Crippen LogP contribution in [-0.2, 0) is 12.8 Å². The van der Waals surface area contributed by atoms with Crippen LogP contribution in [0.15, 0.2) is 36.4 Å². The Morgan fingerprint density at radius 2 is 0.885 bits per heavy atom. The highest BCUT2D eigenvalue weighted by Crippen LogP contribution is 2.55. The maximum atomic E-state index is 3.82. The summed E-state index contributed by atoms with van der Waals surface area (Å²) in [6.07, 6.45) is 12.5. The topological polar surface area (TPSA) is 0 Å². The van der Waals surface area contributed by atoms with Gasteiger partial charge in [-0.05, 0) is 68.1 Å². The molecule has 2 atom stereocenters. The van der Waals surface area contributed by atoms with E-state index >= 15 is 0 Å². The molecule has 0 fully saturated rings. The number of benzene rings is 3. The molecule has 0 aliphatic heterocycles. The van der Waals surface area contributed by atoms with Gasteiger partial charge in [0, 0.05) is 30.9 Å². The normalized spacial score (nSPS) is 13.9. The van der Waals surface area contributed by atoms with E-state index in [1.165, 1.54) is 136 Å². The Balaban J connectivity index is 1.58. The molecule has 7 aromatic rings. The fourth-order valence-electron chi connectivity index (χ4n) is 8.61. The molecule has 0 radical (unpaired) electrons. The van der Waals surface area contributed by atoms with E-state index in [1.807, 2.05) is 22.7 Å². The van der Waals surface area contributed by atoms with Gasteiger partial charge in [0.15, 0.2) is 0 Å². The molecule has 0 saturated heterocycles. The summed E-state index contributed by atoms with van der Waals surface area (Å²) in [7, 11) is -3.08. The van der Waals surface area contributed by atoms with Crippen LogP contribution in [0, 0.1) is 34.8 Å². The molecule has 0 amide bonds. The maximum Gasteiger partial charge on any atom is 0.129 e. The van der Waals surface area contributed by atoms with E-state index in [2.05, 4.69) is 126 Å². The van der Waals surface area contributed by atoms with Gasteiger partial charge in [-0.2, -0.15) is 0 Å². The molecule has 4 heteroatoms. The average Bonchev–Trinajstić information content (AvgIpc) is 3.83. The molecule has 0 saturated carbocycles. The molecule has 0 N–H and O–H groups in total. The summed E-state index contributed by atoms with van der Waals surface area (Å²) < 4.78 is 2.94. The first-order chi connectivity index (χ1) is 24.9. The van der Waals surface area contributed by atoms with Crippen molar-refractivity contribution in [3.8, 4) is 22.9 Å². The number of unbranched alkanes of at least 4 members (excludes halogenated alkanes) is 2. The second-order valence-electron chi connectivity index (χ2n) is 17.7. The monoisotopic (exact) mass is 754 g/mol. The van der Waals surface area contributed by atoms with Gasteiger partial charge in [-0.1, -0.05) is 167 Å². The predicted molar refractivity (Wildman–Crippen MR) is 244 cm³/mol. The second-order valence-corrected chi connectivity index (χ2v) is 29.2. The minimum atomic E-state index is -1.54. The van der Waals surface area contributed by atoms with E-state index in [0.29, 0.717) is 11.8 Å². The molecular weight excluding hydrogens is 697 g/mol. The molecule has 270 valence electrons. The lowest BCUT2D eigenvalue weighted by Crippen LogP contribution is -2.16. The Morgan fingerprint density at radius 1 is 0.519 bits per heavy atom. The van der Waals surface area contributed by atoms with Crippen LogP contribution in [0.25, 0.3) is 63.3 Å². The average molecular weight is 755 g/mol. The van der Waals surface area contributed by atoms with Crippen molar-refractivity contribution in [1.82, 2.24) is 0 Å². The van der Waals surface area contributed by atoms with Crippen LogP contribution < -0.4 is 0 Å². The second kappa shape index (κ2) is 14.8. The lowest BCUT2D eigenvalue weighted by Gasteiger charge is -2.15. The van der Waals surface area contributed by atoms with Gasteiger partial charge in [-0.25, -0.2) is 0 Å². The zero-order valence-electron chi connectivity index (χ0n) is 33.5. The zero-order valence-corrected chi connectivity index (χ0v) is 37.1. The van der Waals surface area contributed by atoms with Crippen LogP contribution in [0.3, 0.4) is 0 Å². The van der Waals surface area contributed by atoms with Gasteiger partial charge in [-0.3, -0.25) is 0 Å². The lowest BCUT2D eigenvalue weighted by atomic mass is 9.90. The third-order valence-electron chi connectivity index (χ3n) is 11.3. The predicted octanol–water partition coefficient (Wildman–Crippen LogP) is 15.6. The fourth-order valence-corrected chi connectivity index (χ4v) is 12.3. The summed E-state index contributed by atoms with van der Waals surface area (Å²) in [6.45, 7) is 23.7. The van der Waals surface area contributed by atoms with Gasteiger partial charge < -0.3 is 0 Å². The summed E-state index contributed by atoms with van der Waals surface area (Å²) in [5.74, 6) is 9.03. The van der Waals surface area contributed by atoms with E-state index in [0.717, 1.165) is 12.8 Å². The molecule has 52 heavy (non-hydrogen) atoms. The summed E-state index contributed by atoms with van der Waals surface area (Å²) in [5, 5.41) is 14.6. The van der Waals surface area contributed by atoms with Crippen molar-refractivity contribution in [2.24, 2.45) is 11.8 Å². The highest BCUT2D eigenvalue weighted by molar-refractivity contribution is 7.22. The maximum absolute atomic E-state index is 3.82. The van der Waals surface area contributed by atoms with Crippen molar-refractivity contribution in [2.75, 3.05) is 0 Å². The van der Waals surface area contributed by atoms with Crippen molar-refractivity contribution in [3.05, 3.63) is 57.3 Å². The minimum Gasteiger partial charge on any atom is -0.126 e. The van der Waals surface area contributed by atoms with E-state index in [4.69, 9.17) is 0 Å². The fraction of sp³-hybridized carbons (Fsp3) is 0.458. The molecule has 2 heterocycles. The van der Waals surface area contributed by atoms with Crippen LogP contribution in [0.4, 0.5) is 0 Å². The molecule has 0 bridgehead atoms. The van der Waals surface area contributed by atoms with Crippen LogP contribution >= 0.6 is 22.7 Å². The zero-order chi connectivity index (χ0) is 36.9. The largest absolute Gasteiger partial charge is 0.129 e. The Morgan fingerprint density at radius 3 is 1.21 bits per heavy atom. The van der Waals surface area contributed by atoms with Gasteiger partial charge in [0.25, 0.3) is 0 Å². The third kappa shape index (κ3) is 6.84. The van der Waals surface area contributed by atoms with Crippen LogP contribution in [0.5, 0.6) is 0 Å². The van der Waals surface area contributed by atoms with Gasteiger partial charge in [0.1, 0.15) is 16.1 Å². The van der Waals surface area contributed by atoms with E-state index < -0.39 is 16.1 Å². The van der Waals surface area contributed by atoms with Gasteiger partial charge in [0.05, 0.1) is 9.75 Å². The first kappa shape index (κ1) is 37.4. The molecule has 5 aromatic carbocycles. The first-order valence-electron chi connectivity index (χ1n) is 20.3. The van der Waals surface area contributed by atoms with Crippen molar-refractivity contribution >= 4 is 102 Å². The van der Waals surface area contributed by atoms with Crippen molar-refractivity contribution in [2.45, 2.75) is 131 Å². The molecular formula is C48H58S2Si2. The molecule has 2 aromatic heterocycles. The number of fused-ring (bicyclic) bond motifs is 8. The van der Waals surface area contributed by atoms with Crippen molar-refractivity contribution in [1.29, 1.82) is 0 Å². The molecule has 0 aliphatic rings. The highest BCUT2D eigenvalue weighted by Gasteiger charge is 2.29. The van der Waals surface area contributed by atoms with Gasteiger partial charge in [0.2, 0.25) is 0 Å². The highest BCUT2D eigenvalue weighted by atomic mass is 32.1. The Labute approximate surface area is 323 Å². The Hall–Kier alpha value is -2.87. The molecule has 0 spiro atoms. The molecule has 0 aliphatic carbocycles. The summed E-state index contributed by atoms with van der Waals surface area (Å²) >= 11 is 4.00. The van der Waals surface area contributed by atoms with Crippen LogP contribution in [-0.4, -0.2) is 16.1 Å². The van der Waals surface area contributed by atoms with Crippen LogP contribution in [0.2, 0.25) is 39.3 Å². The van der Waals surface area contributed by atoms with E-state index in [-0.39, 0.29) is 0 Å². The SMILES string of the molecule is CCCCC(CC)Cc1c(C#C[Si](C)(C)C)sc2c1c1cccc3c1c2c1cccc2c4c(CC(CC)CCCC)c(C#C[Si](C)(C)C)sc4c3c21. The summed E-state index contributed by atoms with van der Waals surface area (Å²) in [5.41, 5.74) is 10.6. The van der Waals surface area contributed by atoms with Gasteiger partial charge >= 0.3 is 0 Å². The van der Waals surface area contributed by atoms with Crippen molar-refractivity contribution in [3.63, 3.8) is 0 Å². The Kier molecular flexibility index (Phi) is 10.6. The number of thiophene rings is 2. The number of hydrogen-bond acceptors (Lipinski definition) is 2. The first-order valence-corrected chi connectivity index (χ1v) is 28.9. The van der Waals surface area contributed by atoms with Crippen molar-refractivity contribution < 1.29 is 0 Å². The minimum absolute atomic E-state index is 0.693. The lowest BCUT2D eigenvalue weighted by molar-refractivity contribution is 0.450. The van der Waals surface area contributed by atoms with Gasteiger partial charge in [-0.15, -0.1) is 33.8 Å². The summed E-state index contributed by atoms with van der Waals surface area (Å²) in [4.78, 5) is 2.66. The quantitative estimate of drug-likeness (QED) is 0.0662. The summed E-state index contributed by atoms with van der Waals surface area (Å²) in [6, 6.07) is 14.4. The number of rotatable bonds is 12. The third-order valence-corrected chi connectivity index (χ3v) is 15.4. The smallest absolute Gasteiger partial charge is 0.126 e. The molecule has 0 nitrogen and oxygen atoms in total. The standard InChI is InChI=1S/C48H58S2Si2/c1-11-15-19-31(13-3)29-37-39(25-27-51(5,6)7)49-47-43(37)33-21-17-23-35-41(33)45(47)36-24-18-22-34-42(36)46(35)48-44(34)38(30-32(14-4)20-16-12-2)40(50-48)26-28-52(8,9)10/h17-18,21-24,31-32H,11-16,19-20,29-30H2,1-10H3. The molecule has 7 rings (SSSR count). The van der Waals surface area contributed by atoms with E-state index in [1.54, 1.807) is 0 Å².